The zero-order chi connectivity index (χ0) is 20.6. The van der Waals surface area contributed by atoms with Gasteiger partial charge in [-0.3, -0.25) is 4.79 Å². The van der Waals surface area contributed by atoms with Gasteiger partial charge in [0.15, 0.2) is 0 Å². The van der Waals surface area contributed by atoms with E-state index in [2.05, 4.69) is 5.32 Å². The molecule has 0 aliphatic carbocycles. The van der Waals surface area contributed by atoms with E-state index in [1.165, 1.54) is 11.8 Å². The number of thioether (sulfide) groups is 1. The van der Waals surface area contributed by atoms with E-state index in [1.807, 2.05) is 19.9 Å². The first-order valence-electron chi connectivity index (χ1n) is 8.69. The number of rotatable bonds is 6. The Bertz CT molecular complexity index is 1140. The summed E-state index contributed by atoms with van der Waals surface area (Å²) >= 11 is 1.31. The van der Waals surface area contributed by atoms with Crippen LogP contribution in [0.2, 0.25) is 0 Å². The zero-order valence-electron chi connectivity index (χ0n) is 16.0. The van der Waals surface area contributed by atoms with Gasteiger partial charge in [0.05, 0.1) is 18.2 Å². The Hall–Kier alpha value is -2.74. The maximum Gasteiger partial charge on any atom is 0.340 e. The monoisotopic (exact) mass is 403 g/mol. The van der Waals surface area contributed by atoms with E-state index in [9.17, 15) is 19.5 Å². The van der Waals surface area contributed by atoms with Crippen LogP contribution in [-0.4, -0.2) is 35.0 Å². The third-order valence-electron chi connectivity index (χ3n) is 4.84. The highest BCUT2D eigenvalue weighted by Gasteiger charge is 2.22. The van der Waals surface area contributed by atoms with Gasteiger partial charge in [0, 0.05) is 22.1 Å². The van der Waals surface area contributed by atoms with Gasteiger partial charge in [0.2, 0.25) is 5.91 Å². The van der Waals surface area contributed by atoms with E-state index in [-0.39, 0.29) is 17.7 Å². The maximum absolute atomic E-state index is 12.5. The smallest absolute Gasteiger partial charge is 0.340 e. The molecule has 3 rings (SSSR count). The molecule has 0 radical (unpaired) electrons. The number of carboxylic acids is 1. The molecule has 0 saturated heterocycles. The van der Waals surface area contributed by atoms with Crippen molar-refractivity contribution >= 4 is 45.6 Å². The highest BCUT2D eigenvalue weighted by Crippen LogP contribution is 2.32. The Kier molecular flexibility index (Phi) is 5.51. The molecule has 28 heavy (non-hydrogen) atoms. The van der Waals surface area contributed by atoms with Crippen molar-refractivity contribution < 1.29 is 23.5 Å². The Labute approximate surface area is 165 Å². The zero-order valence-corrected chi connectivity index (χ0v) is 16.9. The number of carboxylic acid groups (broad SMARTS) is 1. The van der Waals surface area contributed by atoms with Gasteiger partial charge in [-0.05, 0) is 44.2 Å². The van der Waals surface area contributed by atoms with E-state index in [0.29, 0.717) is 16.7 Å². The largest absolute Gasteiger partial charge is 0.480 e. The van der Waals surface area contributed by atoms with Crippen LogP contribution in [0.15, 0.2) is 26.0 Å². The standard InChI is InChI=1S/C20H21NO6S/c1-9-7-26-17-11(3)18-13(5-12(9)17)10(2)14(20(25)27-18)6-16(22)21-15(8-28-4)19(23)24/h5,7,15H,6,8H2,1-4H3,(H,21,22)(H,23,24)/t15-/m0/s1. The molecule has 0 fully saturated rings. The number of amides is 1. The summed E-state index contributed by atoms with van der Waals surface area (Å²) in [7, 11) is 0. The van der Waals surface area contributed by atoms with Gasteiger partial charge < -0.3 is 19.3 Å². The van der Waals surface area contributed by atoms with Crippen molar-refractivity contribution in [3.05, 3.63) is 45.0 Å². The van der Waals surface area contributed by atoms with E-state index in [0.717, 1.165) is 21.9 Å². The Morgan fingerprint density at radius 1 is 1.18 bits per heavy atom. The van der Waals surface area contributed by atoms with Gasteiger partial charge in [0.25, 0.3) is 0 Å². The third-order valence-corrected chi connectivity index (χ3v) is 5.51. The lowest BCUT2D eigenvalue weighted by atomic mass is 9.99. The first-order valence-corrected chi connectivity index (χ1v) is 10.1. The number of aliphatic carboxylic acids is 1. The molecule has 0 unspecified atom stereocenters. The topological polar surface area (TPSA) is 110 Å². The predicted molar refractivity (Wildman–Crippen MR) is 108 cm³/mol. The van der Waals surface area contributed by atoms with Gasteiger partial charge in [0.1, 0.15) is 17.2 Å². The number of hydrogen-bond donors (Lipinski definition) is 2. The number of carbonyl (C=O) groups is 2. The second kappa shape index (κ2) is 7.71. The Balaban J connectivity index is 2.03. The van der Waals surface area contributed by atoms with Crippen LogP contribution < -0.4 is 10.9 Å². The summed E-state index contributed by atoms with van der Waals surface area (Å²) < 4.78 is 11.1. The minimum atomic E-state index is -1.11. The molecule has 1 amide bonds. The van der Waals surface area contributed by atoms with Gasteiger partial charge in [-0.1, -0.05) is 0 Å². The second-order valence-electron chi connectivity index (χ2n) is 6.76. The first-order chi connectivity index (χ1) is 13.2. The molecule has 0 aliphatic rings. The molecule has 148 valence electrons. The van der Waals surface area contributed by atoms with Gasteiger partial charge in [-0.2, -0.15) is 11.8 Å². The van der Waals surface area contributed by atoms with Gasteiger partial charge >= 0.3 is 11.6 Å². The normalized spacial score (nSPS) is 12.4. The summed E-state index contributed by atoms with van der Waals surface area (Å²) in [5.41, 5.74) is 3.04. The van der Waals surface area contributed by atoms with Crippen LogP contribution in [0.25, 0.3) is 21.9 Å². The van der Waals surface area contributed by atoms with E-state index < -0.39 is 23.5 Å². The number of furan rings is 1. The minimum absolute atomic E-state index is 0.221. The first kappa shape index (κ1) is 20.0. The van der Waals surface area contributed by atoms with Crippen molar-refractivity contribution in [2.45, 2.75) is 33.2 Å². The van der Waals surface area contributed by atoms with Crippen LogP contribution in [0.1, 0.15) is 22.3 Å². The average molecular weight is 403 g/mol. The highest BCUT2D eigenvalue weighted by molar-refractivity contribution is 7.98. The molecule has 0 aliphatic heterocycles. The van der Waals surface area contributed by atoms with Crippen LogP contribution in [0.3, 0.4) is 0 Å². The SMILES string of the molecule is CSC[C@H](NC(=O)Cc1c(C)c2cc3c(C)coc3c(C)c2oc1=O)C(=O)O. The van der Waals surface area contributed by atoms with Crippen molar-refractivity contribution in [2.75, 3.05) is 12.0 Å². The van der Waals surface area contributed by atoms with Gasteiger partial charge in [-0.25, -0.2) is 9.59 Å². The average Bonchev–Trinajstić information content (AvgIpc) is 3.01. The van der Waals surface area contributed by atoms with Gasteiger partial charge in [-0.15, -0.1) is 0 Å². The molecule has 1 aromatic carbocycles. The number of carbonyl (C=O) groups excluding carboxylic acids is 1. The molecular weight excluding hydrogens is 382 g/mol. The lowest BCUT2D eigenvalue weighted by Gasteiger charge is -2.14. The quantitative estimate of drug-likeness (QED) is 0.609. The minimum Gasteiger partial charge on any atom is -0.480 e. The lowest BCUT2D eigenvalue weighted by molar-refractivity contribution is -0.141. The van der Waals surface area contributed by atoms with Crippen LogP contribution in [0, 0.1) is 20.8 Å². The highest BCUT2D eigenvalue weighted by atomic mass is 32.2. The van der Waals surface area contributed by atoms with Crippen LogP contribution in [0.5, 0.6) is 0 Å². The molecule has 7 nitrogen and oxygen atoms in total. The summed E-state index contributed by atoms with van der Waals surface area (Å²) in [5, 5.41) is 13.3. The van der Waals surface area contributed by atoms with Crippen molar-refractivity contribution in [2.24, 2.45) is 0 Å². The molecule has 1 atom stereocenters. The summed E-state index contributed by atoms with van der Waals surface area (Å²) in [6.45, 7) is 5.51. The molecule has 0 spiro atoms. The number of aryl methyl sites for hydroxylation is 3. The summed E-state index contributed by atoms with van der Waals surface area (Å²) in [6, 6.07) is 0.884. The second-order valence-corrected chi connectivity index (χ2v) is 7.67. The van der Waals surface area contributed by atoms with Crippen molar-refractivity contribution in [1.82, 2.24) is 5.32 Å². The Morgan fingerprint density at radius 3 is 2.54 bits per heavy atom. The molecule has 2 N–H and O–H groups in total. The fourth-order valence-corrected chi connectivity index (χ4v) is 3.83. The predicted octanol–water partition coefficient (Wildman–Crippen LogP) is 2.94. The number of hydrogen-bond acceptors (Lipinski definition) is 6. The number of nitrogens with one attached hydrogen (secondary N) is 1. The van der Waals surface area contributed by atoms with Crippen LogP contribution >= 0.6 is 11.8 Å². The van der Waals surface area contributed by atoms with E-state index >= 15 is 0 Å². The fraction of sp³-hybridized carbons (Fsp3) is 0.350. The van der Waals surface area contributed by atoms with E-state index in [1.54, 1.807) is 19.4 Å². The molecule has 2 heterocycles. The van der Waals surface area contributed by atoms with Crippen LogP contribution in [0.4, 0.5) is 0 Å². The van der Waals surface area contributed by atoms with Crippen LogP contribution in [-0.2, 0) is 16.0 Å². The van der Waals surface area contributed by atoms with Crippen molar-refractivity contribution in [3.63, 3.8) is 0 Å². The molecule has 0 bridgehead atoms. The Morgan fingerprint density at radius 2 is 1.89 bits per heavy atom. The van der Waals surface area contributed by atoms with E-state index in [4.69, 9.17) is 8.83 Å². The molecule has 0 saturated carbocycles. The van der Waals surface area contributed by atoms with Crippen molar-refractivity contribution in [3.8, 4) is 0 Å². The maximum atomic E-state index is 12.5. The molecule has 3 aromatic rings. The molecule has 8 heteroatoms. The summed E-state index contributed by atoms with van der Waals surface area (Å²) in [6.07, 6.45) is 3.16. The molecular formula is C20H21NO6S. The molecule has 2 aromatic heterocycles. The lowest BCUT2D eigenvalue weighted by Crippen LogP contribution is -2.43. The summed E-state index contributed by atoms with van der Waals surface area (Å²) in [4.78, 5) is 36.1. The third kappa shape index (κ3) is 3.52. The number of benzene rings is 1. The number of fused-ring (bicyclic) bond motifs is 2. The summed E-state index contributed by atoms with van der Waals surface area (Å²) in [5.74, 6) is -1.41. The van der Waals surface area contributed by atoms with Crippen molar-refractivity contribution in [1.29, 1.82) is 0 Å². The fourth-order valence-electron chi connectivity index (χ4n) is 3.27.